The van der Waals surface area contributed by atoms with E-state index in [-0.39, 0.29) is 108 Å². The monoisotopic (exact) mass is 704 g/mol. The summed E-state index contributed by atoms with van der Waals surface area (Å²) in [6.45, 7) is -0.181. The molecule has 4 aliphatic heterocycles. The van der Waals surface area contributed by atoms with Crippen molar-refractivity contribution in [1.29, 1.82) is 0 Å². The molecular weight excluding hydrogens is 682 g/mol. The van der Waals surface area contributed by atoms with E-state index in [0.717, 1.165) is 11.1 Å². The normalized spacial score (nSPS) is 19.0. The van der Waals surface area contributed by atoms with Crippen LogP contribution in [0.25, 0.3) is 5.70 Å². The zero-order chi connectivity index (χ0) is 30.8. The van der Waals surface area contributed by atoms with E-state index < -0.39 is 5.91 Å². The third-order valence-corrected chi connectivity index (χ3v) is 7.16. The van der Waals surface area contributed by atoms with E-state index in [9.17, 15) is 28.8 Å². The van der Waals surface area contributed by atoms with Crippen LogP contribution in [-0.2, 0) is 28.9 Å². The Morgan fingerprint density at radius 3 is 1.75 bits per heavy atom. The SMILES string of the molecule is O=C1CC/C(=C2/NC(=O)c3ccccc32)C(=O)N1.O=C1CCC(Br)C(=O)N1.O=C1NC(=S)c2ccccc21.O=CO[O-].[H-].[Na+].[Na+]. The molecule has 0 radical (unpaired) electrons. The number of carbonyl (C=O) groups is 7. The second kappa shape index (κ2) is 19.0. The zero-order valence-electron chi connectivity index (χ0n) is 24.6. The molecule has 2 saturated heterocycles. The van der Waals surface area contributed by atoms with Crippen LogP contribution in [0.3, 0.4) is 0 Å². The van der Waals surface area contributed by atoms with E-state index in [1.807, 2.05) is 24.3 Å². The summed E-state index contributed by atoms with van der Waals surface area (Å²) in [5.41, 5.74) is 3.80. The van der Waals surface area contributed by atoms with E-state index in [4.69, 9.17) is 22.3 Å². The number of fused-ring (bicyclic) bond motifs is 2. The van der Waals surface area contributed by atoms with Crippen LogP contribution in [0, 0.1) is 0 Å². The van der Waals surface area contributed by atoms with Crippen LogP contribution in [0.1, 0.15) is 59.0 Å². The molecule has 0 bridgehead atoms. The zero-order valence-corrected chi connectivity index (χ0v) is 30.0. The summed E-state index contributed by atoms with van der Waals surface area (Å²) in [5, 5.41) is 18.2. The first-order valence-corrected chi connectivity index (χ1v) is 13.5. The molecule has 220 valence electrons. The molecule has 0 saturated carbocycles. The Balaban J connectivity index is 0.000000623. The maximum atomic E-state index is 11.8. The molecule has 13 nitrogen and oxygen atoms in total. The predicted octanol–water partition coefficient (Wildman–Crippen LogP) is -5.58. The van der Waals surface area contributed by atoms with Crippen molar-refractivity contribution >= 4 is 80.7 Å². The Hall–Kier alpha value is -2.60. The summed E-state index contributed by atoms with van der Waals surface area (Å²) in [7, 11) is 0. The number of alkyl halides is 1. The van der Waals surface area contributed by atoms with E-state index in [1.54, 1.807) is 24.3 Å². The number of benzene rings is 2. The van der Waals surface area contributed by atoms with Gasteiger partial charge in [-0.3, -0.25) is 44.2 Å². The molecule has 2 aromatic carbocycles. The molecule has 0 spiro atoms. The van der Waals surface area contributed by atoms with Crippen LogP contribution in [0.4, 0.5) is 0 Å². The van der Waals surface area contributed by atoms with Gasteiger partial charge in [-0.05, 0) is 25.0 Å². The molecule has 6 amide bonds. The number of thiocarbonyl (C=S) groups is 1. The summed E-state index contributed by atoms with van der Waals surface area (Å²) >= 11 is 8.04. The topological polar surface area (TPSA) is 200 Å². The standard InChI is InChI=1S/C13H10N2O3.C8H5NOS.C5H6BrNO2.CH2O3.2Na.H/c16-10-6-5-9(13(18)14-10)11-7-3-1-2-4-8(7)12(17)15-11;10-7-5-3-1-2-4-6(5)8(11)9-7;6-3-1-2-4(8)7-5(3)9;2-1-4-3;;;/h1-4H,5-6H2,(H,15,17)(H,14,16,18);1-4H,(H,9,10,11);3H,1-2H2,(H,7,8,9);1,3H;;;/q;;;;2*+1;-1/p-1/b11-9-;;;;;;. The van der Waals surface area contributed by atoms with Crippen molar-refractivity contribution in [3.8, 4) is 0 Å². The van der Waals surface area contributed by atoms with Crippen molar-refractivity contribution in [2.45, 2.75) is 30.5 Å². The van der Waals surface area contributed by atoms with E-state index in [0.29, 0.717) is 46.6 Å². The Morgan fingerprint density at radius 1 is 0.750 bits per heavy atom. The molecular formula is C27H23BrN4Na2O9S. The second-order valence-corrected chi connectivity index (χ2v) is 10.2. The Labute approximate surface area is 310 Å². The Bertz CT molecular complexity index is 1490. The van der Waals surface area contributed by atoms with E-state index in [1.165, 1.54) is 0 Å². The first-order valence-electron chi connectivity index (χ1n) is 12.2. The molecule has 0 aromatic heterocycles. The number of carbonyl (C=O) groups excluding carboxylic acids is 7. The molecule has 6 rings (SSSR count). The molecule has 44 heavy (non-hydrogen) atoms. The van der Waals surface area contributed by atoms with Gasteiger partial charge in [0.05, 0.1) is 10.5 Å². The largest absolute Gasteiger partial charge is 1.00 e. The summed E-state index contributed by atoms with van der Waals surface area (Å²) in [5.74, 6) is -1.38. The third-order valence-electron chi connectivity index (χ3n) is 5.97. The number of rotatable bonds is 1. The summed E-state index contributed by atoms with van der Waals surface area (Å²) in [6.07, 6.45) is 1.68. The van der Waals surface area contributed by atoms with Crippen LogP contribution < -0.4 is 85.6 Å². The van der Waals surface area contributed by atoms with Gasteiger partial charge < -0.3 is 22.2 Å². The van der Waals surface area contributed by atoms with Crippen LogP contribution >= 0.6 is 28.1 Å². The first kappa shape index (κ1) is 39.4. The number of piperidine rings is 2. The molecule has 4 heterocycles. The fourth-order valence-electron chi connectivity index (χ4n) is 4.02. The maximum absolute atomic E-state index is 11.8. The van der Waals surface area contributed by atoms with Crippen molar-refractivity contribution in [1.82, 2.24) is 21.3 Å². The van der Waals surface area contributed by atoms with Gasteiger partial charge in [-0.25, -0.2) is 0 Å². The van der Waals surface area contributed by atoms with Gasteiger partial charge in [-0.1, -0.05) is 64.5 Å². The number of nitrogens with one attached hydrogen (secondary N) is 4. The van der Waals surface area contributed by atoms with Gasteiger partial charge in [0, 0.05) is 40.7 Å². The van der Waals surface area contributed by atoms with Crippen LogP contribution in [-0.4, -0.2) is 51.7 Å². The minimum Gasteiger partial charge on any atom is -1.00 e. The minimum absolute atomic E-state index is 0. The van der Waals surface area contributed by atoms with Gasteiger partial charge in [-0.2, -0.15) is 0 Å². The molecule has 2 aromatic rings. The van der Waals surface area contributed by atoms with Crippen LogP contribution in [0.15, 0.2) is 54.1 Å². The number of halogens is 1. The molecule has 1 atom stereocenters. The second-order valence-electron chi connectivity index (χ2n) is 8.67. The molecule has 0 aliphatic carbocycles. The van der Waals surface area contributed by atoms with Crippen LogP contribution in [0.2, 0.25) is 0 Å². The Kier molecular flexibility index (Phi) is 17.1. The van der Waals surface area contributed by atoms with Gasteiger partial charge in [-0.15, -0.1) is 0 Å². The van der Waals surface area contributed by atoms with Crippen LogP contribution in [0.5, 0.6) is 0 Å². The average Bonchev–Trinajstić information content (AvgIpc) is 3.47. The van der Waals surface area contributed by atoms with E-state index in [2.05, 4.69) is 42.1 Å². The maximum Gasteiger partial charge on any atom is 1.00 e. The average molecular weight is 705 g/mol. The molecule has 4 aliphatic rings. The predicted molar refractivity (Wildman–Crippen MR) is 152 cm³/mol. The smallest absolute Gasteiger partial charge is 1.00 e. The first-order chi connectivity index (χ1) is 20.1. The number of hydrogen-bond acceptors (Lipinski definition) is 10. The fourth-order valence-corrected chi connectivity index (χ4v) is 4.64. The quantitative estimate of drug-likeness (QED) is 0.0324. The third kappa shape index (κ3) is 10.5. The molecule has 4 N–H and O–H groups in total. The number of amides is 6. The number of imide groups is 2. The van der Waals surface area contributed by atoms with Crippen molar-refractivity contribution in [3.63, 3.8) is 0 Å². The molecule has 1 unspecified atom stereocenters. The van der Waals surface area contributed by atoms with E-state index >= 15 is 0 Å². The summed E-state index contributed by atoms with van der Waals surface area (Å²) in [4.78, 5) is 78.4. The van der Waals surface area contributed by atoms with Crippen molar-refractivity contribution in [3.05, 3.63) is 76.4 Å². The molecule has 2 fully saturated rings. The van der Waals surface area contributed by atoms with Gasteiger partial charge in [0.15, 0.2) is 0 Å². The summed E-state index contributed by atoms with van der Waals surface area (Å²) in [6, 6.07) is 14.4. The minimum atomic E-state index is -0.418. The van der Waals surface area contributed by atoms with Crippen molar-refractivity contribution in [2.24, 2.45) is 0 Å². The molecule has 17 heteroatoms. The Morgan fingerprint density at radius 2 is 1.25 bits per heavy atom. The number of hydrogen-bond donors (Lipinski definition) is 4. The van der Waals surface area contributed by atoms with Gasteiger partial charge in [0.25, 0.3) is 24.2 Å². The summed E-state index contributed by atoms with van der Waals surface area (Å²) < 4.78 is 0. The van der Waals surface area contributed by atoms with Crippen molar-refractivity contribution < 1.29 is 104 Å². The van der Waals surface area contributed by atoms with Gasteiger partial charge in [0.1, 0.15) is 4.99 Å². The van der Waals surface area contributed by atoms with Crippen molar-refractivity contribution in [2.75, 3.05) is 0 Å². The van der Waals surface area contributed by atoms with Gasteiger partial charge >= 0.3 is 59.1 Å². The van der Waals surface area contributed by atoms with Gasteiger partial charge in [0.2, 0.25) is 17.7 Å². The fraction of sp³-hybridized carbons (Fsp3) is 0.185.